The standard InChI is InChI=1S/C11H8F3NO3/c12-11(13,14)10(17)15-6-8(16)18-9(15)7-4-2-1-3-5-7/h1-5,9H,6H2. The Bertz CT molecular complexity index is 472. The van der Waals surface area contributed by atoms with Crippen molar-refractivity contribution in [2.24, 2.45) is 0 Å². The zero-order chi connectivity index (χ0) is 13.3. The molecule has 0 aromatic heterocycles. The van der Waals surface area contributed by atoms with Gasteiger partial charge in [0.25, 0.3) is 0 Å². The van der Waals surface area contributed by atoms with Crippen molar-refractivity contribution < 1.29 is 27.5 Å². The molecule has 1 fully saturated rings. The summed E-state index contributed by atoms with van der Waals surface area (Å²) in [6, 6.07) is 7.80. The predicted molar refractivity (Wildman–Crippen MR) is 53.0 cm³/mol. The van der Waals surface area contributed by atoms with E-state index in [1.165, 1.54) is 12.1 Å². The number of amides is 1. The zero-order valence-electron chi connectivity index (χ0n) is 8.98. The van der Waals surface area contributed by atoms with Gasteiger partial charge in [0.15, 0.2) is 0 Å². The minimum absolute atomic E-state index is 0.320. The number of carbonyl (C=O) groups is 2. The summed E-state index contributed by atoms with van der Waals surface area (Å²) in [4.78, 5) is 22.6. The molecule has 1 amide bonds. The summed E-state index contributed by atoms with van der Waals surface area (Å²) in [5.41, 5.74) is 0.320. The minimum Gasteiger partial charge on any atom is -0.436 e. The summed E-state index contributed by atoms with van der Waals surface area (Å²) >= 11 is 0. The van der Waals surface area contributed by atoms with Gasteiger partial charge < -0.3 is 4.74 Å². The summed E-state index contributed by atoms with van der Waals surface area (Å²) < 4.78 is 41.8. The van der Waals surface area contributed by atoms with Gasteiger partial charge in [0.1, 0.15) is 6.54 Å². The molecule has 0 spiro atoms. The molecule has 1 aliphatic heterocycles. The van der Waals surface area contributed by atoms with Crippen LogP contribution in [0.25, 0.3) is 0 Å². The highest BCUT2D eigenvalue weighted by atomic mass is 19.4. The van der Waals surface area contributed by atoms with Crippen LogP contribution in [0, 0.1) is 0 Å². The highest BCUT2D eigenvalue weighted by Gasteiger charge is 2.49. The third-order valence-corrected chi connectivity index (χ3v) is 2.41. The lowest BCUT2D eigenvalue weighted by Crippen LogP contribution is -2.41. The Morgan fingerprint density at radius 1 is 1.28 bits per heavy atom. The van der Waals surface area contributed by atoms with Crippen molar-refractivity contribution in [2.75, 3.05) is 6.54 Å². The summed E-state index contributed by atoms with van der Waals surface area (Å²) in [6.45, 7) is -0.697. The molecule has 1 unspecified atom stereocenters. The van der Waals surface area contributed by atoms with Gasteiger partial charge in [-0.1, -0.05) is 30.3 Å². The largest absolute Gasteiger partial charge is 0.471 e. The highest BCUT2D eigenvalue weighted by molar-refractivity contribution is 5.88. The maximum absolute atomic E-state index is 12.4. The number of hydrogen-bond acceptors (Lipinski definition) is 3. The molecular weight excluding hydrogens is 251 g/mol. The van der Waals surface area contributed by atoms with E-state index in [1.54, 1.807) is 18.2 Å². The van der Waals surface area contributed by atoms with Gasteiger partial charge in [0.05, 0.1) is 0 Å². The molecule has 1 aliphatic rings. The lowest BCUT2D eigenvalue weighted by Gasteiger charge is -2.22. The van der Waals surface area contributed by atoms with Crippen LogP contribution in [-0.4, -0.2) is 29.5 Å². The lowest BCUT2D eigenvalue weighted by molar-refractivity contribution is -0.190. The van der Waals surface area contributed by atoms with E-state index in [4.69, 9.17) is 4.74 Å². The van der Waals surface area contributed by atoms with Crippen molar-refractivity contribution in [1.29, 1.82) is 0 Å². The van der Waals surface area contributed by atoms with Crippen LogP contribution >= 0.6 is 0 Å². The van der Waals surface area contributed by atoms with E-state index in [1.807, 2.05) is 0 Å². The quantitative estimate of drug-likeness (QED) is 0.720. The number of nitrogens with zero attached hydrogens (tertiary/aromatic N) is 1. The van der Waals surface area contributed by atoms with Crippen LogP contribution in [0.4, 0.5) is 13.2 Å². The van der Waals surface area contributed by atoms with Crippen molar-refractivity contribution >= 4 is 11.9 Å². The first-order valence-corrected chi connectivity index (χ1v) is 5.02. The second-order valence-corrected chi connectivity index (χ2v) is 3.68. The van der Waals surface area contributed by atoms with Crippen LogP contribution in [0.3, 0.4) is 0 Å². The van der Waals surface area contributed by atoms with E-state index < -0.39 is 30.8 Å². The van der Waals surface area contributed by atoms with Gasteiger partial charge in [0, 0.05) is 5.56 Å². The highest BCUT2D eigenvalue weighted by Crippen LogP contribution is 2.31. The fourth-order valence-electron chi connectivity index (χ4n) is 1.65. The molecule has 0 bridgehead atoms. The average Bonchev–Trinajstić information content (AvgIpc) is 2.70. The predicted octanol–water partition coefficient (Wildman–Crippen LogP) is 1.63. The van der Waals surface area contributed by atoms with Gasteiger partial charge in [-0.05, 0) is 0 Å². The van der Waals surface area contributed by atoms with Gasteiger partial charge in [-0.2, -0.15) is 13.2 Å². The third kappa shape index (κ3) is 2.29. The number of carbonyl (C=O) groups excluding carboxylic acids is 2. The van der Waals surface area contributed by atoms with E-state index in [0.29, 0.717) is 10.5 Å². The van der Waals surface area contributed by atoms with E-state index in [9.17, 15) is 22.8 Å². The maximum atomic E-state index is 12.4. The van der Waals surface area contributed by atoms with Gasteiger partial charge in [-0.25, -0.2) is 0 Å². The van der Waals surface area contributed by atoms with E-state index in [0.717, 1.165) is 0 Å². The average molecular weight is 259 g/mol. The van der Waals surface area contributed by atoms with Crippen LogP contribution in [0.5, 0.6) is 0 Å². The fourth-order valence-corrected chi connectivity index (χ4v) is 1.65. The molecule has 18 heavy (non-hydrogen) atoms. The number of ether oxygens (including phenoxy) is 1. The molecule has 0 radical (unpaired) electrons. The number of hydrogen-bond donors (Lipinski definition) is 0. The van der Waals surface area contributed by atoms with Crippen molar-refractivity contribution in [3.05, 3.63) is 35.9 Å². The number of halogens is 3. The van der Waals surface area contributed by atoms with Crippen molar-refractivity contribution in [3.8, 4) is 0 Å². The first-order valence-electron chi connectivity index (χ1n) is 5.02. The molecule has 0 N–H and O–H groups in total. The first kappa shape index (κ1) is 12.4. The summed E-state index contributed by atoms with van der Waals surface area (Å²) in [6.07, 6.45) is -6.34. The Morgan fingerprint density at radius 3 is 2.44 bits per heavy atom. The summed E-state index contributed by atoms with van der Waals surface area (Å²) in [5.74, 6) is -2.94. The summed E-state index contributed by atoms with van der Waals surface area (Å²) in [7, 11) is 0. The topological polar surface area (TPSA) is 46.6 Å². The molecule has 0 aliphatic carbocycles. The van der Waals surface area contributed by atoms with Crippen molar-refractivity contribution in [1.82, 2.24) is 4.90 Å². The number of rotatable bonds is 1. The molecule has 4 nitrogen and oxygen atoms in total. The van der Waals surface area contributed by atoms with Crippen molar-refractivity contribution in [3.63, 3.8) is 0 Å². The molecule has 1 aromatic carbocycles. The molecular formula is C11H8F3NO3. The van der Waals surface area contributed by atoms with Gasteiger partial charge in [0.2, 0.25) is 6.23 Å². The maximum Gasteiger partial charge on any atom is 0.471 e. The molecule has 1 heterocycles. The van der Waals surface area contributed by atoms with Crippen LogP contribution in [0.2, 0.25) is 0 Å². The molecule has 96 valence electrons. The van der Waals surface area contributed by atoms with Gasteiger partial charge in [-0.3, -0.25) is 14.5 Å². The zero-order valence-corrected chi connectivity index (χ0v) is 8.98. The Kier molecular flexibility index (Phi) is 2.98. The van der Waals surface area contributed by atoms with E-state index >= 15 is 0 Å². The molecule has 1 atom stereocenters. The van der Waals surface area contributed by atoms with E-state index in [-0.39, 0.29) is 0 Å². The first-order chi connectivity index (χ1) is 8.39. The Labute approximate surface area is 99.9 Å². The Hall–Kier alpha value is -2.05. The second kappa shape index (κ2) is 4.32. The smallest absolute Gasteiger partial charge is 0.436 e. The minimum atomic E-state index is -5.03. The molecule has 0 saturated carbocycles. The van der Waals surface area contributed by atoms with Crippen LogP contribution < -0.4 is 0 Å². The van der Waals surface area contributed by atoms with Crippen LogP contribution in [0.1, 0.15) is 11.8 Å². The molecule has 1 aromatic rings. The normalized spacial score (nSPS) is 19.8. The fraction of sp³-hybridized carbons (Fsp3) is 0.273. The number of esters is 1. The molecule has 1 saturated heterocycles. The number of cyclic esters (lactones) is 1. The van der Waals surface area contributed by atoms with E-state index in [2.05, 4.69) is 0 Å². The molecule has 2 rings (SSSR count). The Balaban J connectivity index is 2.29. The number of alkyl halides is 3. The Morgan fingerprint density at radius 2 is 1.89 bits per heavy atom. The van der Waals surface area contributed by atoms with Gasteiger partial charge >= 0.3 is 18.1 Å². The second-order valence-electron chi connectivity index (χ2n) is 3.68. The lowest BCUT2D eigenvalue weighted by atomic mass is 10.2. The number of benzene rings is 1. The van der Waals surface area contributed by atoms with Gasteiger partial charge in [-0.15, -0.1) is 0 Å². The molecule has 7 heteroatoms. The van der Waals surface area contributed by atoms with Crippen LogP contribution in [0.15, 0.2) is 30.3 Å². The van der Waals surface area contributed by atoms with Crippen LogP contribution in [-0.2, 0) is 14.3 Å². The van der Waals surface area contributed by atoms with Crippen molar-refractivity contribution in [2.45, 2.75) is 12.4 Å². The monoisotopic (exact) mass is 259 g/mol. The SMILES string of the molecule is O=C1CN(C(=O)C(F)(F)F)C(c2ccccc2)O1. The third-order valence-electron chi connectivity index (χ3n) is 2.41. The summed E-state index contributed by atoms with van der Waals surface area (Å²) in [5, 5.41) is 0.